The SMILES string of the molecule is CC(C)(C)OC(=O)NCc1ccc(CNCc2ccsc2)cc1. The molecular weight excluding hydrogens is 308 g/mol. The lowest BCUT2D eigenvalue weighted by atomic mass is 10.1. The molecule has 0 bridgehead atoms. The van der Waals surface area contributed by atoms with Gasteiger partial charge in [0.15, 0.2) is 0 Å². The number of rotatable bonds is 6. The van der Waals surface area contributed by atoms with Crippen LogP contribution in [0.25, 0.3) is 0 Å². The van der Waals surface area contributed by atoms with Crippen LogP contribution in [0.2, 0.25) is 0 Å². The number of nitrogens with one attached hydrogen (secondary N) is 2. The Kier molecular flexibility index (Phi) is 6.19. The van der Waals surface area contributed by atoms with Crippen LogP contribution in [0.4, 0.5) is 4.79 Å². The summed E-state index contributed by atoms with van der Waals surface area (Å²) < 4.78 is 5.21. The molecule has 0 aliphatic carbocycles. The first-order valence-electron chi connectivity index (χ1n) is 7.69. The monoisotopic (exact) mass is 332 g/mol. The number of amides is 1. The summed E-state index contributed by atoms with van der Waals surface area (Å²) in [5.74, 6) is 0. The summed E-state index contributed by atoms with van der Waals surface area (Å²) in [7, 11) is 0. The Bertz CT molecular complexity index is 601. The molecule has 5 heteroatoms. The van der Waals surface area contributed by atoms with Crippen LogP contribution < -0.4 is 10.6 Å². The Morgan fingerprint density at radius 2 is 1.61 bits per heavy atom. The minimum absolute atomic E-state index is 0.390. The molecule has 0 fully saturated rings. The van der Waals surface area contributed by atoms with Crippen molar-refractivity contribution in [2.45, 2.75) is 46.0 Å². The third kappa shape index (κ3) is 6.84. The molecule has 2 rings (SSSR count). The molecule has 0 spiro atoms. The van der Waals surface area contributed by atoms with Crippen LogP contribution in [0.15, 0.2) is 41.1 Å². The maximum atomic E-state index is 11.6. The smallest absolute Gasteiger partial charge is 0.407 e. The first-order chi connectivity index (χ1) is 10.9. The number of ether oxygens (including phenoxy) is 1. The molecule has 0 saturated heterocycles. The lowest BCUT2D eigenvalue weighted by Gasteiger charge is -2.19. The molecule has 0 aliphatic heterocycles. The highest BCUT2D eigenvalue weighted by Gasteiger charge is 2.15. The molecule has 2 N–H and O–H groups in total. The van der Waals surface area contributed by atoms with E-state index in [1.54, 1.807) is 11.3 Å². The van der Waals surface area contributed by atoms with E-state index in [0.29, 0.717) is 6.54 Å². The lowest BCUT2D eigenvalue weighted by molar-refractivity contribution is 0.0523. The van der Waals surface area contributed by atoms with E-state index in [-0.39, 0.29) is 6.09 Å². The zero-order chi connectivity index (χ0) is 16.7. The van der Waals surface area contributed by atoms with Gasteiger partial charge in [0.1, 0.15) is 5.60 Å². The third-order valence-corrected chi connectivity index (χ3v) is 3.83. The Balaban J connectivity index is 1.72. The van der Waals surface area contributed by atoms with Crippen LogP contribution in [0.1, 0.15) is 37.5 Å². The predicted octanol–water partition coefficient (Wildman–Crippen LogP) is 4.06. The molecule has 2 aromatic rings. The van der Waals surface area contributed by atoms with Gasteiger partial charge in [-0.3, -0.25) is 0 Å². The van der Waals surface area contributed by atoms with E-state index < -0.39 is 5.60 Å². The molecule has 0 atom stereocenters. The summed E-state index contributed by atoms with van der Waals surface area (Å²) in [6.45, 7) is 7.73. The van der Waals surface area contributed by atoms with Gasteiger partial charge in [-0.1, -0.05) is 24.3 Å². The van der Waals surface area contributed by atoms with Gasteiger partial charge < -0.3 is 15.4 Å². The van der Waals surface area contributed by atoms with Gasteiger partial charge in [0, 0.05) is 19.6 Å². The molecule has 4 nitrogen and oxygen atoms in total. The molecule has 1 aromatic carbocycles. The van der Waals surface area contributed by atoms with E-state index in [1.807, 2.05) is 32.9 Å². The first-order valence-corrected chi connectivity index (χ1v) is 8.63. The number of carbonyl (C=O) groups excluding carboxylic acids is 1. The van der Waals surface area contributed by atoms with E-state index in [0.717, 1.165) is 18.7 Å². The third-order valence-electron chi connectivity index (χ3n) is 3.10. The van der Waals surface area contributed by atoms with Gasteiger partial charge >= 0.3 is 6.09 Å². The number of alkyl carbamates (subject to hydrolysis) is 1. The number of carbonyl (C=O) groups is 1. The Hall–Kier alpha value is -1.85. The van der Waals surface area contributed by atoms with Crippen LogP contribution >= 0.6 is 11.3 Å². The molecule has 0 unspecified atom stereocenters. The van der Waals surface area contributed by atoms with Crippen LogP contribution in [0.5, 0.6) is 0 Å². The zero-order valence-electron chi connectivity index (χ0n) is 13.9. The fourth-order valence-corrected chi connectivity index (χ4v) is 2.68. The van der Waals surface area contributed by atoms with Crippen LogP contribution in [0.3, 0.4) is 0 Å². The van der Waals surface area contributed by atoms with Crippen molar-refractivity contribution in [3.63, 3.8) is 0 Å². The van der Waals surface area contributed by atoms with Crippen molar-refractivity contribution < 1.29 is 9.53 Å². The fraction of sp³-hybridized carbons (Fsp3) is 0.389. The highest BCUT2D eigenvalue weighted by atomic mass is 32.1. The van der Waals surface area contributed by atoms with Gasteiger partial charge in [-0.15, -0.1) is 0 Å². The Morgan fingerprint density at radius 1 is 1.00 bits per heavy atom. The maximum absolute atomic E-state index is 11.6. The molecular formula is C18H24N2O2S. The van der Waals surface area contributed by atoms with Crippen molar-refractivity contribution in [2.24, 2.45) is 0 Å². The fourth-order valence-electron chi connectivity index (χ4n) is 2.01. The minimum atomic E-state index is -0.470. The average molecular weight is 332 g/mol. The molecule has 0 radical (unpaired) electrons. The summed E-state index contributed by atoms with van der Waals surface area (Å²) >= 11 is 1.71. The van der Waals surface area contributed by atoms with Crippen LogP contribution in [0, 0.1) is 0 Å². The lowest BCUT2D eigenvalue weighted by Crippen LogP contribution is -2.32. The summed E-state index contributed by atoms with van der Waals surface area (Å²) in [6.07, 6.45) is -0.390. The van der Waals surface area contributed by atoms with Crippen molar-refractivity contribution in [2.75, 3.05) is 0 Å². The Labute approximate surface area is 141 Å². The van der Waals surface area contributed by atoms with Gasteiger partial charge in [0.05, 0.1) is 0 Å². The van der Waals surface area contributed by atoms with Crippen molar-refractivity contribution in [3.8, 4) is 0 Å². The van der Waals surface area contributed by atoms with E-state index in [9.17, 15) is 4.79 Å². The number of hydrogen-bond acceptors (Lipinski definition) is 4. The number of thiophene rings is 1. The summed E-state index contributed by atoms with van der Waals surface area (Å²) in [4.78, 5) is 11.6. The predicted molar refractivity (Wildman–Crippen MR) is 94.4 cm³/mol. The highest BCUT2D eigenvalue weighted by Crippen LogP contribution is 2.09. The first kappa shape index (κ1) is 17.5. The molecule has 1 amide bonds. The molecule has 23 heavy (non-hydrogen) atoms. The second-order valence-electron chi connectivity index (χ2n) is 6.41. The molecule has 124 valence electrons. The number of hydrogen-bond donors (Lipinski definition) is 2. The molecule has 0 saturated carbocycles. The molecule has 0 aliphatic rings. The second-order valence-corrected chi connectivity index (χ2v) is 7.19. The normalized spacial score (nSPS) is 11.3. The second kappa shape index (κ2) is 8.13. The maximum Gasteiger partial charge on any atom is 0.407 e. The Morgan fingerprint density at radius 3 is 2.17 bits per heavy atom. The van der Waals surface area contributed by atoms with E-state index in [1.165, 1.54) is 11.1 Å². The van der Waals surface area contributed by atoms with Gasteiger partial charge in [0.2, 0.25) is 0 Å². The van der Waals surface area contributed by atoms with Crippen LogP contribution in [-0.4, -0.2) is 11.7 Å². The standard InChI is InChI=1S/C18H24N2O2S/c1-18(2,3)22-17(21)20-12-15-6-4-14(5-7-15)10-19-11-16-8-9-23-13-16/h4-9,13,19H,10-12H2,1-3H3,(H,20,21). The molecule has 1 heterocycles. The van der Waals surface area contributed by atoms with Crippen LogP contribution in [-0.2, 0) is 24.4 Å². The summed E-state index contributed by atoms with van der Waals surface area (Å²) in [5, 5.41) is 10.4. The summed E-state index contributed by atoms with van der Waals surface area (Å²) in [6, 6.07) is 10.3. The van der Waals surface area contributed by atoms with E-state index >= 15 is 0 Å². The summed E-state index contributed by atoms with van der Waals surface area (Å²) in [5.41, 5.74) is 3.12. The van der Waals surface area contributed by atoms with Crippen molar-refractivity contribution >= 4 is 17.4 Å². The van der Waals surface area contributed by atoms with Gasteiger partial charge in [0.25, 0.3) is 0 Å². The van der Waals surface area contributed by atoms with Crippen molar-refractivity contribution in [1.82, 2.24) is 10.6 Å². The van der Waals surface area contributed by atoms with E-state index in [4.69, 9.17) is 4.74 Å². The quantitative estimate of drug-likeness (QED) is 0.838. The zero-order valence-corrected chi connectivity index (χ0v) is 14.7. The largest absolute Gasteiger partial charge is 0.444 e. The molecule has 1 aromatic heterocycles. The topological polar surface area (TPSA) is 50.4 Å². The van der Waals surface area contributed by atoms with Gasteiger partial charge in [-0.2, -0.15) is 11.3 Å². The van der Waals surface area contributed by atoms with Crippen molar-refractivity contribution in [3.05, 3.63) is 57.8 Å². The van der Waals surface area contributed by atoms with Gasteiger partial charge in [-0.05, 0) is 54.3 Å². The van der Waals surface area contributed by atoms with Crippen molar-refractivity contribution in [1.29, 1.82) is 0 Å². The number of benzene rings is 1. The average Bonchev–Trinajstić information content (AvgIpc) is 2.98. The van der Waals surface area contributed by atoms with Gasteiger partial charge in [-0.25, -0.2) is 4.79 Å². The minimum Gasteiger partial charge on any atom is -0.444 e. The van der Waals surface area contributed by atoms with E-state index in [2.05, 4.69) is 39.6 Å². The highest BCUT2D eigenvalue weighted by molar-refractivity contribution is 7.07.